The second-order valence-corrected chi connectivity index (χ2v) is 6.14. The van der Waals surface area contributed by atoms with Crippen molar-refractivity contribution in [3.63, 3.8) is 0 Å². The van der Waals surface area contributed by atoms with E-state index in [1.807, 2.05) is 24.4 Å². The summed E-state index contributed by atoms with van der Waals surface area (Å²) in [4.78, 5) is 16.1. The topological polar surface area (TPSA) is 42.0 Å². The van der Waals surface area contributed by atoms with Crippen LogP contribution in [0, 0.1) is 6.92 Å². The minimum Gasteiger partial charge on any atom is -0.324 e. The molecule has 21 heavy (non-hydrogen) atoms. The van der Waals surface area contributed by atoms with Crippen molar-refractivity contribution in [1.82, 2.24) is 4.98 Å². The summed E-state index contributed by atoms with van der Waals surface area (Å²) >= 11 is 7.81. The van der Waals surface area contributed by atoms with Gasteiger partial charge in [-0.3, -0.25) is 9.78 Å². The number of aryl methyl sites for hydroxylation is 1. The molecule has 0 spiro atoms. The number of thiophene rings is 1. The van der Waals surface area contributed by atoms with Crippen molar-refractivity contribution in [1.29, 1.82) is 0 Å². The number of hydrogen-bond acceptors (Lipinski definition) is 3. The second kappa shape index (κ2) is 5.84. The molecule has 1 aromatic carbocycles. The van der Waals surface area contributed by atoms with Crippen LogP contribution < -0.4 is 5.32 Å². The molecule has 0 saturated heterocycles. The number of rotatable bonds is 3. The van der Waals surface area contributed by atoms with Gasteiger partial charge in [0.15, 0.2) is 0 Å². The van der Waals surface area contributed by atoms with Crippen LogP contribution in [0.1, 0.15) is 11.1 Å². The molecule has 0 saturated carbocycles. The molecule has 0 aliphatic carbocycles. The number of carbonyl (C=O) groups is 1. The molecule has 0 bridgehead atoms. The SMILES string of the molecule is Cc1cc2scc(CC(=O)Nc3cccnc3)c2cc1Cl. The maximum absolute atomic E-state index is 12.1. The van der Waals surface area contributed by atoms with Crippen LogP contribution in [0.4, 0.5) is 5.69 Å². The van der Waals surface area contributed by atoms with Gasteiger partial charge in [-0.2, -0.15) is 0 Å². The van der Waals surface area contributed by atoms with Crippen molar-refractivity contribution < 1.29 is 4.79 Å². The van der Waals surface area contributed by atoms with E-state index in [-0.39, 0.29) is 5.91 Å². The van der Waals surface area contributed by atoms with E-state index in [9.17, 15) is 4.79 Å². The Morgan fingerprint density at radius 1 is 1.43 bits per heavy atom. The van der Waals surface area contributed by atoms with E-state index in [0.29, 0.717) is 12.1 Å². The number of nitrogens with zero attached hydrogens (tertiary/aromatic N) is 1. The third-order valence-corrected chi connectivity index (χ3v) is 4.63. The highest BCUT2D eigenvalue weighted by atomic mass is 35.5. The highest BCUT2D eigenvalue weighted by Gasteiger charge is 2.11. The molecule has 1 amide bonds. The van der Waals surface area contributed by atoms with Crippen molar-refractivity contribution >= 4 is 44.6 Å². The first-order chi connectivity index (χ1) is 10.1. The summed E-state index contributed by atoms with van der Waals surface area (Å²) in [6, 6.07) is 7.61. The molecule has 5 heteroatoms. The fourth-order valence-electron chi connectivity index (χ4n) is 2.15. The zero-order valence-electron chi connectivity index (χ0n) is 11.4. The Balaban J connectivity index is 1.82. The van der Waals surface area contributed by atoms with Gasteiger partial charge in [0, 0.05) is 15.9 Å². The molecule has 0 aliphatic rings. The lowest BCUT2D eigenvalue weighted by atomic mass is 10.1. The molecule has 0 fully saturated rings. The van der Waals surface area contributed by atoms with Crippen molar-refractivity contribution in [2.45, 2.75) is 13.3 Å². The molecule has 0 aliphatic heterocycles. The van der Waals surface area contributed by atoms with E-state index in [1.54, 1.807) is 29.8 Å². The van der Waals surface area contributed by atoms with Crippen LogP contribution in [0.5, 0.6) is 0 Å². The summed E-state index contributed by atoms with van der Waals surface area (Å²) in [5.41, 5.74) is 2.76. The van der Waals surface area contributed by atoms with E-state index in [1.165, 1.54) is 0 Å². The highest BCUT2D eigenvalue weighted by molar-refractivity contribution is 7.17. The molecule has 3 nitrogen and oxygen atoms in total. The minimum absolute atomic E-state index is 0.0561. The fourth-order valence-corrected chi connectivity index (χ4v) is 3.36. The Morgan fingerprint density at radius 2 is 2.29 bits per heavy atom. The van der Waals surface area contributed by atoms with Crippen LogP contribution in [0.25, 0.3) is 10.1 Å². The largest absolute Gasteiger partial charge is 0.324 e. The number of hydrogen-bond donors (Lipinski definition) is 1. The number of benzene rings is 1. The van der Waals surface area contributed by atoms with Gasteiger partial charge in [0.05, 0.1) is 18.3 Å². The van der Waals surface area contributed by atoms with E-state index < -0.39 is 0 Å². The van der Waals surface area contributed by atoms with Crippen molar-refractivity contribution in [3.8, 4) is 0 Å². The number of anilines is 1. The fraction of sp³-hybridized carbons (Fsp3) is 0.125. The van der Waals surface area contributed by atoms with E-state index in [2.05, 4.69) is 16.4 Å². The number of carbonyl (C=O) groups excluding carboxylic acids is 1. The van der Waals surface area contributed by atoms with E-state index in [0.717, 1.165) is 26.2 Å². The molecule has 0 radical (unpaired) electrons. The lowest BCUT2D eigenvalue weighted by Gasteiger charge is -2.04. The van der Waals surface area contributed by atoms with Gasteiger partial charge in [0.1, 0.15) is 0 Å². The van der Waals surface area contributed by atoms with Gasteiger partial charge in [0.2, 0.25) is 5.91 Å². The third kappa shape index (κ3) is 3.06. The summed E-state index contributed by atoms with van der Waals surface area (Å²) in [5.74, 6) is -0.0561. The summed E-state index contributed by atoms with van der Waals surface area (Å²) in [7, 11) is 0. The summed E-state index contributed by atoms with van der Waals surface area (Å²) < 4.78 is 1.15. The molecule has 3 aromatic rings. The molecule has 2 heterocycles. The maximum Gasteiger partial charge on any atom is 0.228 e. The molecule has 2 aromatic heterocycles. The first-order valence-electron chi connectivity index (χ1n) is 6.49. The smallest absolute Gasteiger partial charge is 0.228 e. The van der Waals surface area contributed by atoms with Crippen LogP contribution in [-0.2, 0) is 11.2 Å². The zero-order chi connectivity index (χ0) is 14.8. The molecule has 106 valence electrons. The molecule has 3 rings (SSSR count). The van der Waals surface area contributed by atoms with Gasteiger partial charge < -0.3 is 5.32 Å². The van der Waals surface area contributed by atoms with Crippen molar-refractivity contribution in [2.24, 2.45) is 0 Å². The lowest BCUT2D eigenvalue weighted by Crippen LogP contribution is -2.14. The van der Waals surface area contributed by atoms with Crippen LogP contribution in [0.15, 0.2) is 42.0 Å². The maximum atomic E-state index is 12.1. The first-order valence-corrected chi connectivity index (χ1v) is 7.75. The second-order valence-electron chi connectivity index (χ2n) is 4.83. The molecular weight excluding hydrogens is 304 g/mol. The van der Waals surface area contributed by atoms with Gasteiger partial charge in [-0.25, -0.2) is 0 Å². The molecule has 1 N–H and O–H groups in total. The Kier molecular flexibility index (Phi) is 3.90. The lowest BCUT2D eigenvalue weighted by molar-refractivity contribution is -0.115. The van der Waals surface area contributed by atoms with Gasteiger partial charge in [-0.15, -0.1) is 11.3 Å². The van der Waals surface area contributed by atoms with Crippen molar-refractivity contribution in [2.75, 3.05) is 5.32 Å². The Bertz CT molecular complexity index is 799. The van der Waals surface area contributed by atoms with Crippen LogP contribution >= 0.6 is 22.9 Å². The number of amides is 1. The normalized spacial score (nSPS) is 10.8. The van der Waals surface area contributed by atoms with Crippen LogP contribution in [0.3, 0.4) is 0 Å². The van der Waals surface area contributed by atoms with Crippen molar-refractivity contribution in [3.05, 3.63) is 58.2 Å². The predicted molar refractivity (Wildman–Crippen MR) is 88.1 cm³/mol. The average molecular weight is 317 g/mol. The van der Waals surface area contributed by atoms with Gasteiger partial charge in [0.25, 0.3) is 0 Å². The number of pyridine rings is 1. The predicted octanol–water partition coefficient (Wildman–Crippen LogP) is 4.44. The zero-order valence-corrected chi connectivity index (χ0v) is 13.0. The quantitative estimate of drug-likeness (QED) is 0.776. The Labute approximate surface area is 131 Å². The minimum atomic E-state index is -0.0561. The number of fused-ring (bicyclic) bond motifs is 1. The summed E-state index contributed by atoms with van der Waals surface area (Å²) in [6.45, 7) is 1.98. The number of nitrogens with one attached hydrogen (secondary N) is 1. The highest BCUT2D eigenvalue weighted by Crippen LogP contribution is 2.31. The Morgan fingerprint density at radius 3 is 3.05 bits per heavy atom. The number of halogens is 1. The first kappa shape index (κ1) is 14.0. The van der Waals surface area contributed by atoms with Crippen LogP contribution in [0.2, 0.25) is 5.02 Å². The monoisotopic (exact) mass is 316 g/mol. The van der Waals surface area contributed by atoms with Gasteiger partial charge in [-0.1, -0.05) is 11.6 Å². The molecule has 0 atom stereocenters. The summed E-state index contributed by atoms with van der Waals surface area (Å²) in [6.07, 6.45) is 3.63. The number of aromatic nitrogens is 1. The Hall–Kier alpha value is -1.91. The molecular formula is C16H13ClN2OS. The summed E-state index contributed by atoms with van der Waals surface area (Å²) in [5, 5.41) is 6.64. The molecule has 0 unspecified atom stereocenters. The average Bonchev–Trinajstić information content (AvgIpc) is 2.83. The van der Waals surface area contributed by atoms with E-state index in [4.69, 9.17) is 11.6 Å². The van der Waals surface area contributed by atoms with E-state index >= 15 is 0 Å². The van der Waals surface area contributed by atoms with Crippen LogP contribution in [-0.4, -0.2) is 10.9 Å². The standard InChI is InChI=1S/C16H13ClN2OS/c1-10-5-15-13(7-14(10)17)11(9-21-15)6-16(20)19-12-3-2-4-18-8-12/h2-5,7-9H,6H2,1H3,(H,19,20). The van der Waals surface area contributed by atoms with Gasteiger partial charge in [-0.05, 0) is 53.1 Å². The third-order valence-electron chi connectivity index (χ3n) is 3.23. The van der Waals surface area contributed by atoms with Gasteiger partial charge >= 0.3 is 0 Å².